The standard InChI is InChI=1S/C13H12N2O5/c1-7(12(17)18)20-9-4-2-8(3-5-9)6-10-11(16)15-13(19)14-10/h2-7H,1H3,(H,17,18)(H2,14,15,16,19)/b10-6+/t7-/m0/s1. The van der Waals surface area contributed by atoms with Crippen molar-refractivity contribution in [2.45, 2.75) is 13.0 Å². The third-order valence-electron chi connectivity index (χ3n) is 2.57. The molecule has 1 aliphatic heterocycles. The van der Waals surface area contributed by atoms with E-state index in [1.807, 2.05) is 0 Å². The Kier molecular flexibility index (Phi) is 3.69. The number of ether oxygens (including phenoxy) is 1. The van der Waals surface area contributed by atoms with Crippen molar-refractivity contribution in [3.8, 4) is 5.75 Å². The lowest BCUT2D eigenvalue weighted by atomic mass is 10.2. The number of aliphatic carboxylic acids is 1. The molecule has 1 fully saturated rings. The molecule has 0 saturated carbocycles. The topological polar surface area (TPSA) is 105 Å². The Balaban J connectivity index is 2.09. The molecule has 1 saturated heterocycles. The average Bonchev–Trinajstić information content (AvgIpc) is 2.70. The molecule has 20 heavy (non-hydrogen) atoms. The van der Waals surface area contributed by atoms with Gasteiger partial charge in [0.15, 0.2) is 6.10 Å². The largest absolute Gasteiger partial charge is 0.479 e. The quantitative estimate of drug-likeness (QED) is 0.555. The van der Waals surface area contributed by atoms with Crippen molar-refractivity contribution in [1.82, 2.24) is 10.6 Å². The van der Waals surface area contributed by atoms with Gasteiger partial charge in [0, 0.05) is 0 Å². The van der Waals surface area contributed by atoms with E-state index in [-0.39, 0.29) is 5.70 Å². The molecular weight excluding hydrogens is 264 g/mol. The minimum absolute atomic E-state index is 0.155. The first-order chi connectivity index (χ1) is 9.45. The number of benzene rings is 1. The Hall–Kier alpha value is -2.83. The van der Waals surface area contributed by atoms with Gasteiger partial charge in [-0.2, -0.15) is 0 Å². The van der Waals surface area contributed by atoms with Crippen LogP contribution in [0.5, 0.6) is 5.75 Å². The molecule has 2 rings (SSSR count). The highest BCUT2D eigenvalue weighted by Crippen LogP contribution is 2.16. The van der Waals surface area contributed by atoms with Gasteiger partial charge in [0.1, 0.15) is 11.4 Å². The molecular formula is C13H12N2O5. The molecule has 1 heterocycles. The number of imide groups is 1. The van der Waals surface area contributed by atoms with Gasteiger partial charge < -0.3 is 15.2 Å². The summed E-state index contributed by atoms with van der Waals surface area (Å²) in [4.78, 5) is 32.9. The summed E-state index contributed by atoms with van der Waals surface area (Å²) in [6, 6.07) is 5.90. The van der Waals surface area contributed by atoms with Crippen LogP contribution in [-0.2, 0) is 9.59 Å². The third-order valence-corrected chi connectivity index (χ3v) is 2.57. The lowest BCUT2D eigenvalue weighted by Crippen LogP contribution is -2.22. The van der Waals surface area contributed by atoms with Crippen molar-refractivity contribution in [3.05, 3.63) is 35.5 Å². The van der Waals surface area contributed by atoms with E-state index in [2.05, 4.69) is 10.6 Å². The molecule has 3 N–H and O–H groups in total. The van der Waals surface area contributed by atoms with Crippen LogP contribution < -0.4 is 15.4 Å². The fourth-order valence-electron chi connectivity index (χ4n) is 1.55. The SMILES string of the molecule is C[C@H](Oc1ccc(/C=C2/NC(=O)NC2=O)cc1)C(=O)O. The number of carboxylic acid groups (broad SMARTS) is 1. The normalized spacial score (nSPS) is 17.6. The summed E-state index contributed by atoms with van der Waals surface area (Å²) in [6.07, 6.45) is 0.559. The number of carbonyl (C=O) groups is 3. The van der Waals surface area contributed by atoms with Crippen LogP contribution in [0.3, 0.4) is 0 Å². The maximum absolute atomic E-state index is 11.3. The third kappa shape index (κ3) is 3.14. The van der Waals surface area contributed by atoms with Gasteiger partial charge >= 0.3 is 12.0 Å². The van der Waals surface area contributed by atoms with E-state index in [0.717, 1.165) is 0 Å². The number of carbonyl (C=O) groups excluding carboxylic acids is 2. The summed E-state index contributed by atoms with van der Waals surface area (Å²) in [6.45, 7) is 1.43. The maximum Gasteiger partial charge on any atom is 0.344 e. The molecule has 0 aliphatic carbocycles. The van der Waals surface area contributed by atoms with Crippen LogP contribution in [0, 0.1) is 0 Å². The van der Waals surface area contributed by atoms with Gasteiger partial charge in [0.2, 0.25) is 0 Å². The number of nitrogens with one attached hydrogen (secondary N) is 2. The van der Waals surface area contributed by atoms with Crippen LogP contribution in [0.4, 0.5) is 4.79 Å². The minimum Gasteiger partial charge on any atom is -0.479 e. The molecule has 7 nitrogen and oxygen atoms in total. The van der Waals surface area contributed by atoms with E-state index < -0.39 is 24.0 Å². The summed E-state index contributed by atoms with van der Waals surface area (Å²) in [5.41, 5.74) is 0.829. The number of hydrogen-bond donors (Lipinski definition) is 3. The van der Waals surface area contributed by atoms with Crippen molar-refractivity contribution in [2.75, 3.05) is 0 Å². The number of carboxylic acids is 1. The van der Waals surface area contributed by atoms with E-state index in [0.29, 0.717) is 11.3 Å². The van der Waals surface area contributed by atoms with E-state index in [1.54, 1.807) is 24.3 Å². The van der Waals surface area contributed by atoms with Crippen LogP contribution in [0.25, 0.3) is 6.08 Å². The van der Waals surface area contributed by atoms with Crippen LogP contribution >= 0.6 is 0 Å². The minimum atomic E-state index is -1.05. The predicted molar refractivity (Wildman–Crippen MR) is 68.8 cm³/mol. The summed E-state index contributed by atoms with van der Waals surface area (Å²) >= 11 is 0. The van der Waals surface area contributed by atoms with Crippen molar-refractivity contribution in [1.29, 1.82) is 0 Å². The molecule has 0 radical (unpaired) electrons. The number of rotatable bonds is 4. The lowest BCUT2D eigenvalue weighted by molar-refractivity contribution is -0.144. The summed E-state index contributed by atoms with van der Waals surface area (Å²) in [5.74, 6) is -1.14. The van der Waals surface area contributed by atoms with Crippen LogP contribution in [0.2, 0.25) is 0 Å². The van der Waals surface area contributed by atoms with E-state index in [4.69, 9.17) is 9.84 Å². The van der Waals surface area contributed by atoms with Gasteiger partial charge in [0.25, 0.3) is 5.91 Å². The number of hydrogen-bond acceptors (Lipinski definition) is 4. The molecule has 0 bridgehead atoms. The van der Waals surface area contributed by atoms with Gasteiger partial charge in [-0.3, -0.25) is 10.1 Å². The van der Waals surface area contributed by atoms with Gasteiger partial charge in [-0.25, -0.2) is 9.59 Å². The zero-order valence-electron chi connectivity index (χ0n) is 10.5. The molecule has 0 unspecified atom stereocenters. The van der Waals surface area contributed by atoms with Gasteiger partial charge in [-0.15, -0.1) is 0 Å². The summed E-state index contributed by atoms with van der Waals surface area (Å²) in [5, 5.41) is 13.2. The van der Waals surface area contributed by atoms with Gasteiger partial charge in [0.05, 0.1) is 0 Å². The first-order valence-corrected chi connectivity index (χ1v) is 5.79. The Labute approximate surface area is 114 Å². The Morgan fingerprint density at radius 1 is 1.25 bits per heavy atom. The molecule has 1 aliphatic rings. The van der Waals surface area contributed by atoms with Crippen LogP contribution in [0.1, 0.15) is 12.5 Å². The fraction of sp³-hybridized carbons (Fsp3) is 0.154. The maximum atomic E-state index is 11.3. The molecule has 0 aromatic heterocycles. The van der Waals surface area contributed by atoms with Crippen LogP contribution in [-0.4, -0.2) is 29.1 Å². The average molecular weight is 276 g/mol. The number of urea groups is 1. The smallest absolute Gasteiger partial charge is 0.344 e. The first kappa shape index (κ1) is 13.6. The second kappa shape index (κ2) is 5.43. The highest BCUT2D eigenvalue weighted by atomic mass is 16.5. The second-order valence-corrected chi connectivity index (χ2v) is 4.13. The fourth-order valence-corrected chi connectivity index (χ4v) is 1.55. The molecule has 0 spiro atoms. The summed E-state index contributed by atoms with van der Waals surface area (Å²) in [7, 11) is 0. The zero-order valence-corrected chi connectivity index (χ0v) is 10.5. The van der Waals surface area contributed by atoms with E-state index in [9.17, 15) is 14.4 Å². The highest BCUT2D eigenvalue weighted by Gasteiger charge is 2.22. The zero-order chi connectivity index (χ0) is 14.7. The molecule has 7 heteroatoms. The van der Waals surface area contributed by atoms with Crippen molar-refractivity contribution in [3.63, 3.8) is 0 Å². The Morgan fingerprint density at radius 2 is 1.90 bits per heavy atom. The number of amides is 3. The predicted octanol–water partition coefficient (Wildman–Crippen LogP) is 0.719. The molecule has 1 atom stereocenters. The monoisotopic (exact) mass is 276 g/mol. The van der Waals surface area contributed by atoms with Crippen molar-refractivity contribution >= 4 is 24.0 Å². The van der Waals surface area contributed by atoms with Gasteiger partial charge in [-0.1, -0.05) is 12.1 Å². The van der Waals surface area contributed by atoms with Crippen molar-refractivity contribution in [2.24, 2.45) is 0 Å². The first-order valence-electron chi connectivity index (χ1n) is 5.79. The van der Waals surface area contributed by atoms with E-state index in [1.165, 1.54) is 13.0 Å². The molecule has 1 aromatic rings. The van der Waals surface area contributed by atoms with Crippen LogP contribution in [0.15, 0.2) is 30.0 Å². The highest BCUT2D eigenvalue weighted by molar-refractivity contribution is 6.13. The molecule has 3 amide bonds. The molecule has 104 valence electrons. The Bertz CT molecular complexity index is 591. The molecule has 1 aromatic carbocycles. The lowest BCUT2D eigenvalue weighted by Gasteiger charge is -2.10. The van der Waals surface area contributed by atoms with Gasteiger partial charge in [-0.05, 0) is 30.7 Å². The van der Waals surface area contributed by atoms with E-state index >= 15 is 0 Å². The van der Waals surface area contributed by atoms with Crippen molar-refractivity contribution < 1.29 is 24.2 Å². The second-order valence-electron chi connectivity index (χ2n) is 4.13. The Morgan fingerprint density at radius 3 is 2.40 bits per heavy atom. The summed E-state index contributed by atoms with van der Waals surface area (Å²) < 4.78 is 5.17.